The monoisotopic (exact) mass is 316 g/mol. The minimum absolute atomic E-state index is 0.290. The summed E-state index contributed by atoms with van der Waals surface area (Å²) in [6.07, 6.45) is 4.71. The maximum Gasteiger partial charge on any atom is 0.272 e. The third kappa shape index (κ3) is 4.27. The second-order valence-electron chi connectivity index (χ2n) is 5.05. The maximum absolute atomic E-state index is 11.8. The summed E-state index contributed by atoms with van der Waals surface area (Å²) >= 11 is 0. The van der Waals surface area contributed by atoms with Gasteiger partial charge in [0, 0.05) is 23.8 Å². The van der Waals surface area contributed by atoms with E-state index in [1.165, 1.54) is 6.20 Å². The molecule has 1 aromatic heterocycles. The molecule has 0 aliphatic carbocycles. The van der Waals surface area contributed by atoms with Crippen LogP contribution in [0, 0.1) is 0 Å². The van der Waals surface area contributed by atoms with E-state index in [2.05, 4.69) is 20.8 Å². The molecule has 5 heteroatoms. The van der Waals surface area contributed by atoms with E-state index in [-0.39, 0.29) is 5.91 Å². The molecule has 0 bridgehead atoms. The summed E-state index contributed by atoms with van der Waals surface area (Å²) in [7, 11) is 0. The first-order valence-corrected chi connectivity index (χ1v) is 7.47. The van der Waals surface area contributed by atoms with Crippen molar-refractivity contribution in [1.29, 1.82) is 0 Å². The lowest BCUT2D eigenvalue weighted by molar-refractivity contribution is 0.0955. The molecule has 1 heterocycles. The molecule has 3 aromatic rings. The van der Waals surface area contributed by atoms with Gasteiger partial charge in [0.2, 0.25) is 0 Å². The third-order valence-corrected chi connectivity index (χ3v) is 3.28. The van der Waals surface area contributed by atoms with Crippen LogP contribution in [0.25, 0.3) is 0 Å². The Morgan fingerprint density at radius 3 is 2.38 bits per heavy atom. The first-order chi connectivity index (χ1) is 11.8. The predicted octanol–water partition coefficient (Wildman–Crippen LogP) is 3.59. The van der Waals surface area contributed by atoms with Gasteiger partial charge < -0.3 is 5.32 Å². The summed E-state index contributed by atoms with van der Waals surface area (Å²) in [5, 5.41) is 7.26. The molecule has 0 fully saturated rings. The van der Waals surface area contributed by atoms with Crippen molar-refractivity contribution in [3.63, 3.8) is 0 Å². The normalized spacial score (nSPS) is 10.5. The van der Waals surface area contributed by atoms with Crippen molar-refractivity contribution in [3.8, 4) is 0 Å². The van der Waals surface area contributed by atoms with E-state index in [0.29, 0.717) is 5.56 Å². The van der Waals surface area contributed by atoms with Crippen molar-refractivity contribution in [2.75, 3.05) is 5.32 Å². The van der Waals surface area contributed by atoms with Gasteiger partial charge in [0.05, 0.1) is 11.8 Å². The SMILES string of the molecule is O=C(N/N=C\c1ccc(Nc2ccccc2)cc1)c1cccnc1. The van der Waals surface area contributed by atoms with Crippen LogP contribution in [-0.2, 0) is 0 Å². The lowest BCUT2D eigenvalue weighted by atomic mass is 10.2. The number of nitrogens with zero attached hydrogens (tertiary/aromatic N) is 2. The molecule has 0 radical (unpaired) electrons. The Labute approximate surface area is 140 Å². The van der Waals surface area contributed by atoms with E-state index < -0.39 is 0 Å². The summed E-state index contributed by atoms with van der Waals surface area (Å²) in [5.74, 6) is -0.290. The molecule has 118 valence electrons. The van der Waals surface area contributed by atoms with Crippen LogP contribution in [0.4, 0.5) is 11.4 Å². The van der Waals surface area contributed by atoms with Gasteiger partial charge in [-0.25, -0.2) is 5.43 Å². The quantitative estimate of drug-likeness (QED) is 0.558. The lowest BCUT2D eigenvalue weighted by Gasteiger charge is -2.06. The molecule has 5 nitrogen and oxygen atoms in total. The molecule has 0 saturated heterocycles. The van der Waals surface area contributed by atoms with Crippen molar-refractivity contribution in [3.05, 3.63) is 90.3 Å². The van der Waals surface area contributed by atoms with Gasteiger partial charge in [0.25, 0.3) is 5.91 Å². The van der Waals surface area contributed by atoms with Crippen molar-refractivity contribution in [2.24, 2.45) is 5.10 Å². The van der Waals surface area contributed by atoms with Crippen LogP contribution in [0.3, 0.4) is 0 Å². The van der Waals surface area contributed by atoms with Crippen molar-refractivity contribution in [1.82, 2.24) is 10.4 Å². The number of hydrogen-bond acceptors (Lipinski definition) is 4. The van der Waals surface area contributed by atoms with E-state index in [1.807, 2.05) is 54.6 Å². The number of pyridine rings is 1. The van der Waals surface area contributed by atoms with Crippen LogP contribution in [-0.4, -0.2) is 17.1 Å². The van der Waals surface area contributed by atoms with Gasteiger partial charge in [-0.2, -0.15) is 5.10 Å². The van der Waals surface area contributed by atoms with E-state index in [4.69, 9.17) is 0 Å². The zero-order chi connectivity index (χ0) is 16.6. The predicted molar refractivity (Wildman–Crippen MR) is 95.5 cm³/mol. The smallest absolute Gasteiger partial charge is 0.272 e. The van der Waals surface area contributed by atoms with E-state index in [0.717, 1.165) is 16.9 Å². The van der Waals surface area contributed by atoms with E-state index >= 15 is 0 Å². The van der Waals surface area contributed by atoms with Gasteiger partial charge in [0.1, 0.15) is 0 Å². The van der Waals surface area contributed by atoms with Crippen LogP contribution in [0.1, 0.15) is 15.9 Å². The number of amides is 1. The van der Waals surface area contributed by atoms with Gasteiger partial charge in [-0.15, -0.1) is 0 Å². The summed E-state index contributed by atoms with van der Waals surface area (Å²) < 4.78 is 0. The number of anilines is 2. The van der Waals surface area contributed by atoms with Crippen LogP contribution >= 0.6 is 0 Å². The molecular weight excluding hydrogens is 300 g/mol. The summed E-state index contributed by atoms with van der Waals surface area (Å²) in [5.41, 5.74) is 5.85. The minimum Gasteiger partial charge on any atom is -0.356 e. The second kappa shape index (κ2) is 7.69. The first-order valence-electron chi connectivity index (χ1n) is 7.47. The molecule has 1 amide bonds. The Morgan fingerprint density at radius 1 is 0.917 bits per heavy atom. The fraction of sp³-hybridized carbons (Fsp3) is 0. The van der Waals surface area contributed by atoms with Gasteiger partial charge in [-0.1, -0.05) is 30.3 Å². The standard InChI is InChI=1S/C19H16N4O/c24-19(16-5-4-12-20-14-16)23-21-13-15-8-10-18(11-9-15)22-17-6-2-1-3-7-17/h1-14,22H,(H,23,24)/b21-13-. The van der Waals surface area contributed by atoms with Gasteiger partial charge in [-0.05, 0) is 42.0 Å². The number of benzene rings is 2. The van der Waals surface area contributed by atoms with Crippen LogP contribution < -0.4 is 10.7 Å². The van der Waals surface area contributed by atoms with Crippen molar-refractivity contribution < 1.29 is 4.79 Å². The number of para-hydroxylation sites is 1. The molecule has 0 aliphatic rings. The number of aromatic nitrogens is 1. The average molecular weight is 316 g/mol. The molecule has 3 rings (SSSR count). The van der Waals surface area contributed by atoms with Crippen LogP contribution in [0.15, 0.2) is 84.2 Å². The highest BCUT2D eigenvalue weighted by Crippen LogP contribution is 2.15. The van der Waals surface area contributed by atoms with Gasteiger partial charge >= 0.3 is 0 Å². The lowest BCUT2D eigenvalue weighted by Crippen LogP contribution is -2.17. The molecule has 0 aliphatic heterocycles. The number of carbonyl (C=O) groups is 1. The number of carbonyl (C=O) groups excluding carboxylic acids is 1. The van der Waals surface area contributed by atoms with E-state index in [9.17, 15) is 4.79 Å². The highest BCUT2D eigenvalue weighted by Gasteiger charge is 2.02. The summed E-state index contributed by atoms with van der Waals surface area (Å²) in [6, 6.07) is 21.1. The minimum atomic E-state index is -0.290. The topological polar surface area (TPSA) is 66.4 Å². The van der Waals surface area contributed by atoms with Crippen molar-refractivity contribution >= 4 is 23.5 Å². The Bertz CT molecular complexity index is 815. The molecule has 0 unspecified atom stereocenters. The first kappa shape index (κ1) is 15.4. The van der Waals surface area contributed by atoms with E-state index in [1.54, 1.807) is 24.5 Å². The average Bonchev–Trinajstić information content (AvgIpc) is 2.65. The zero-order valence-electron chi connectivity index (χ0n) is 12.9. The fourth-order valence-corrected chi connectivity index (χ4v) is 2.07. The van der Waals surface area contributed by atoms with Crippen LogP contribution in [0.5, 0.6) is 0 Å². The fourth-order valence-electron chi connectivity index (χ4n) is 2.07. The number of rotatable bonds is 5. The Balaban J connectivity index is 1.57. The summed E-state index contributed by atoms with van der Waals surface area (Å²) in [6.45, 7) is 0. The Morgan fingerprint density at radius 2 is 1.67 bits per heavy atom. The molecule has 0 saturated carbocycles. The molecule has 0 spiro atoms. The number of hydrazone groups is 1. The van der Waals surface area contributed by atoms with Gasteiger partial charge in [-0.3, -0.25) is 9.78 Å². The zero-order valence-corrected chi connectivity index (χ0v) is 12.9. The van der Waals surface area contributed by atoms with Gasteiger partial charge in [0.15, 0.2) is 0 Å². The molecule has 2 aromatic carbocycles. The highest BCUT2D eigenvalue weighted by molar-refractivity contribution is 5.94. The molecule has 24 heavy (non-hydrogen) atoms. The third-order valence-electron chi connectivity index (χ3n) is 3.28. The summed E-state index contributed by atoms with van der Waals surface area (Å²) in [4.78, 5) is 15.7. The number of nitrogens with one attached hydrogen (secondary N) is 2. The Hall–Kier alpha value is -3.47. The molecule has 2 N–H and O–H groups in total. The largest absolute Gasteiger partial charge is 0.356 e. The molecular formula is C19H16N4O. The van der Waals surface area contributed by atoms with Crippen LogP contribution in [0.2, 0.25) is 0 Å². The number of hydrogen-bond donors (Lipinski definition) is 2. The molecule has 0 atom stereocenters. The highest BCUT2D eigenvalue weighted by atomic mass is 16.2. The van der Waals surface area contributed by atoms with Crippen molar-refractivity contribution in [2.45, 2.75) is 0 Å². The Kier molecular flexibility index (Phi) is 4.94. The second-order valence-corrected chi connectivity index (χ2v) is 5.05. The maximum atomic E-state index is 11.8.